The van der Waals surface area contributed by atoms with Crippen LogP contribution in [0.1, 0.15) is 6.92 Å². The first-order valence-corrected chi connectivity index (χ1v) is 6.46. The lowest BCUT2D eigenvalue weighted by Crippen LogP contribution is -2.33. The number of fused-ring (bicyclic) bond motifs is 3. The predicted octanol–water partition coefficient (Wildman–Crippen LogP) is 2.74. The highest BCUT2D eigenvalue weighted by Gasteiger charge is 2.45. The van der Waals surface area contributed by atoms with Crippen LogP contribution in [0.25, 0.3) is 0 Å². The molecule has 84 valence electrons. The maximum atomic E-state index is 4.68. The van der Waals surface area contributed by atoms with Gasteiger partial charge in [-0.2, -0.15) is 0 Å². The number of allylic oxidation sites excluding steroid dienone is 3. The lowest BCUT2D eigenvalue weighted by molar-refractivity contribution is 0.262. The number of dihydropyridines is 1. The summed E-state index contributed by atoms with van der Waals surface area (Å²) in [5.74, 6) is 1.11. The Morgan fingerprint density at radius 2 is 2.06 bits per heavy atom. The van der Waals surface area contributed by atoms with E-state index < -0.39 is 0 Å². The quantitative estimate of drug-likeness (QED) is 0.665. The average Bonchev–Trinajstić information content (AvgIpc) is 2.52. The van der Waals surface area contributed by atoms with Crippen LogP contribution >= 0.6 is 15.9 Å². The van der Waals surface area contributed by atoms with E-state index in [1.54, 1.807) is 0 Å². The van der Waals surface area contributed by atoms with Crippen LogP contribution in [0.2, 0.25) is 0 Å². The zero-order valence-corrected chi connectivity index (χ0v) is 11.1. The van der Waals surface area contributed by atoms with Gasteiger partial charge in [0.05, 0.1) is 0 Å². The molecule has 0 aromatic heterocycles. The molecule has 1 fully saturated rings. The highest BCUT2D eigenvalue weighted by atomic mass is 79.9. The Morgan fingerprint density at radius 3 is 2.88 bits per heavy atom. The van der Waals surface area contributed by atoms with Gasteiger partial charge in [-0.1, -0.05) is 29.9 Å². The summed E-state index contributed by atoms with van der Waals surface area (Å²) in [5, 5.41) is 0. The molecule has 1 saturated heterocycles. The summed E-state index contributed by atoms with van der Waals surface area (Å²) in [6.07, 6.45) is 11.6. The van der Waals surface area contributed by atoms with E-state index in [1.807, 2.05) is 0 Å². The lowest BCUT2D eigenvalue weighted by Gasteiger charge is -2.24. The van der Waals surface area contributed by atoms with Crippen molar-refractivity contribution in [3.8, 4) is 0 Å². The molecule has 0 aromatic rings. The number of aliphatic imine (C=N–C) groups is 1. The first-order chi connectivity index (χ1) is 7.66. The summed E-state index contributed by atoms with van der Waals surface area (Å²) in [7, 11) is 2.17. The Morgan fingerprint density at radius 1 is 1.25 bits per heavy atom. The van der Waals surface area contributed by atoms with Gasteiger partial charge in [0, 0.05) is 17.9 Å². The first kappa shape index (κ1) is 10.5. The molecule has 0 saturated carbocycles. The van der Waals surface area contributed by atoms with E-state index in [0.717, 1.165) is 4.62 Å². The fourth-order valence-electron chi connectivity index (χ4n) is 2.99. The maximum Gasteiger partial charge on any atom is 0.110 e. The van der Waals surface area contributed by atoms with Crippen molar-refractivity contribution in [2.24, 2.45) is 16.8 Å². The van der Waals surface area contributed by atoms with E-state index in [9.17, 15) is 0 Å². The SMILES string of the molecule is CC1=CC2C3C=CC(Br)=NC3N(C)C2C=C1. The van der Waals surface area contributed by atoms with Gasteiger partial charge >= 0.3 is 0 Å². The topological polar surface area (TPSA) is 15.6 Å². The zero-order valence-electron chi connectivity index (χ0n) is 9.47. The van der Waals surface area contributed by atoms with Gasteiger partial charge in [-0.3, -0.25) is 9.89 Å². The normalized spacial score (nSPS) is 41.4. The van der Waals surface area contributed by atoms with E-state index in [4.69, 9.17) is 0 Å². The fourth-order valence-corrected chi connectivity index (χ4v) is 3.36. The summed E-state index contributed by atoms with van der Waals surface area (Å²) in [6.45, 7) is 2.17. The van der Waals surface area contributed by atoms with Gasteiger partial charge in [0.2, 0.25) is 0 Å². The van der Waals surface area contributed by atoms with Crippen molar-refractivity contribution in [2.75, 3.05) is 7.05 Å². The van der Waals surface area contributed by atoms with Crippen molar-refractivity contribution >= 4 is 20.6 Å². The molecule has 16 heavy (non-hydrogen) atoms. The second-order valence-corrected chi connectivity index (χ2v) is 5.62. The van der Waals surface area contributed by atoms with Crippen LogP contribution in [0.3, 0.4) is 0 Å². The second kappa shape index (κ2) is 3.67. The molecule has 0 radical (unpaired) electrons. The number of likely N-dealkylation sites (tertiary alicyclic amines) is 1. The number of halogens is 1. The zero-order chi connectivity index (χ0) is 11.3. The highest BCUT2D eigenvalue weighted by molar-refractivity contribution is 9.18. The lowest BCUT2D eigenvalue weighted by atomic mass is 9.84. The molecule has 0 spiro atoms. The third-order valence-electron chi connectivity index (χ3n) is 3.79. The van der Waals surface area contributed by atoms with E-state index in [-0.39, 0.29) is 0 Å². The van der Waals surface area contributed by atoms with E-state index in [1.165, 1.54) is 5.57 Å². The number of hydrogen-bond acceptors (Lipinski definition) is 2. The minimum absolute atomic E-state index is 0.293. The summed E-state index contributed by atoms with van der Waals surface area (Å²) < 4.78 is 0.962. The largest absolute Gasteiger partial charge is 0.277 e. The van der Waals surface area contributed by atoms with E-state index in [0.29, 0.717) is 24.0 Å². The van der Waals surface area contributed by atoms with Crippen molar-refractivity contribution in [3.63, 3.8) is 0 Å². The molecule has 3 aliphatic rings. The van der Waals surface area contributed by atoms with Gasteiger partial charge in [-0.15, -0.1) is 0 Å². The Kier molecular flexibility index (Phi) is 2.41. The van der Waals surface area contributed by atoms with Gasteiger partial charge < -0.3 is 0 Å². The molecule has 3 rings (SSSR count). The third kappa shape index (κ3) is 1.45. The van der Waals surface area contributed by atoms with Crippen LogP contribution < -0.4 is 0 Å². The molecule has 4 unspecified atom stereocenters. The smallest absolute Gasteiger partial charge is 0.110 e. The molecule has 0 amide bonds. The van der Waals surface area contributed by atoms with Gasteiger partial charge in [-0.05, 0) is 36.0 Å². The van der Waals surface area contributed by atoms with Crippen LogP contribution in [-0.4, -0.2) is 28.8 Å². The highest BCUT2D eigenvalue weighted by Crippen LogP contribution is 2.41. The Labute approximate surface area is 105 Å². The molecule has 2 nitrogen and oxygen atoms in total. The Bertz CT molecular complexity index is 433. The van der Waals surface area contributed by atoms with Gasteiger partial charge in [0.15, 0.2) is 0 Å². The minimum Gasteiger partial charge on any atom is -0.277 e. The van der Waals surface area contributed by atoms with Crippen molar-refractivity contribution in [1.29, 1.82) is 0 Å². The van der Waals surface area contributed by atoms with Gasteiger partial charge in [-0.25, -0.2) is 0 Å². The summed E-state index contributed by atoms with van der Waals surface area (Å²) in [5.41, 5.74) is 1.37. The van der Waals surface area contributed by atoms with Crippen molar-refractivity contribution in [3.05, 3.63) is 36.0 Å². The summed E-state index contributed by atoms with van der Waals surface area (Å²) in [6, 6.07) is 0.505. The summed E-state index contributed by atoms with van der Waals surface area (Å²) >= 11 is 3.47. The number of rotatable bonds is 0. The molecular weight excluding hydrogens is 264 g/mol. The molecule has 2 heterocycles. The molecule has 3 heteroatoms. The Balaban J connectivity index is 2.00. The number of nitrogens with zero attached hydrogens (tertiary/aromatic N) is 2. The van der Waals surface area contributed by atoms with Crippen LogP contribution in [0.5, 0.6) is 0 Å². The number of likely N-dealkylation sites (N-methyl/N-ethyl adjacent to an activating group) is 1. The molecule has 0 N–H and O–H groups in total. The van der Waals surface area contributed by atoms with Crippen molar-refractivity contribution in [1.82, 2.24) is 4.90 Å². The minimum atomic E-state index is 0.293. The first-order valence-electron chi connectivity index (χ1n) is 5.67. The van der Waals surface area contributed by atoms with Crippen molar-refractivity contribution in [2.45, 2.75) is 19.1 Å². The molecule has 0 bridgehead atoms. The average molecular weight is 279 g/mol. The summed E-state index contributed by atoms with van der Waals surface area (Å²) in [4.78, 5) is 7.06. The third-order valence-corrected chi connectivity index (χ3v) is 4.26. The van der Waals surface area contributed by atoms with E-state index in [2.05, 4.69) is 70.2 Å². The standard InChI is InChI=1S/C13H15BrN2/c1-8-3-5-11-10(7-8)9-4-6-12(14)15-13(9)16(11)2/h3-7,9-11,13H,1-2H3. The van der Waals surface area contributed by atoms with Crippen LogP contribution in [0.4, 0.5) is 0 Å². The molecular formula is C13H15BrN2. The van der Waals surface area contributed by atoms with Gasteiger partial charge in [0.1, 0.15) is 10.8 Å². The fraction of sp³-hybridized carbons (Fsp3) is 0.462. The monoisotopic (exact) mass is 278 g/mol. The molecule has 1 aliphatic carbocycles. The molecule has 0 aromatic carbocycles. The van der Waals surface area contributed by atoms with Crippen LogP contribution in [0, 0.1) is 11.8 Å². The Hall–Kier alpha value is -0.670. The predicted molar refractivity (Wildman–Crippen MR) is 70.7 cm³/mol. The van der Waals surface area contributed by atoms with E-state index >= 15 is 0 Å². The molecule has 4 atom stereocenters. The van der Waals surface area contributed by atoms with Gasteiger partial charge in [0.25, 0.3) is 0 Å². The second-order valence-electron chi connectivity index (χ2n) is 4.81. The molecule has 2 aliphatic heterocycles. The number of hydrogen-bond donors (Lipinski definition) is 0. The van der Waals surface area contributed by atoms with Crippen LogP contribution in [0.15, 0.2) is 40.9 Å². The van der Waals surface area contributed by atoms with Crippen LogP contribution in [-0.2, 0) is 0 Å². The maximum absolute atomic E-state index is 4.68. The van der Waals surface area contributed by atoms with Crippen molar-refractivity contribution < 1.29 is 0 Å².